The highest BCUT2D eigenvalue weighted by atomic mass is 16.3. The molecule has 0 fully saturated rings. The zero-order chi connectivity index (χ0) is 8.53. The summed E-state index contributed by atoms with van der Waals surface area (Å²) in [6.45, 7) is 6.09. The largest absolute Gasteiger partial charge is 0.396 e. The summed E-state index contributed by atoms with van der Waals surface area (Å²) < 4.78 is 0. The van der Waals surface area contributed by atoms with E-state index in [4.69, 9.17) is 5.11 Å². The van der Waals surface area contributed by atoms with E-state index in [-0.39, 0.29) is 6.61 Å². The number of hydrogen-bond donors (Lipinski definition) is 1. The highest BCUT2D eigenvalue weighted by molar-refractivity contribution is 4.89. The summed E-state index contributed by atoms with van der Waals surface area (Å²) in [6.07, 6.45) is 9.14. The van der Waals surface area contributed by atoms with Crippen molar-refractivity contribution in [3.63, 3.8) is 0 Å². The minimum atomic E-state index is 0.261. The van der Waals surface area contributed by atoms with E-state index in [1.54, 1.807) is 0 Å². The smallest absolute Gasteiger partial charge is 0.0436 e. The molecule has 0 aliphatic heterocycles. The molecule has 1 unspecified atom stereocenters. The van der Waals surface area contributed by atoms with Gasteiger partial charge in [0.15, 0.2) is 0 Å². The van der Waals surface area contributed by atoms with Gasteiger partial charge in [-0.2, -0.15) is 0 Å². The molecule has 1 atom stereocenters. The zero-order valence-electron chi connectivity index (χ0n) is 7.29. The van der Waals surface area contributed by atoms with Gasteiger partial charge in [0.25, 0.3) is 0 Å². The molecule has 0 aliphatic rings. The summed E-state index contributed by atoms with van der Waals surface area (Å²) in [6, 6.07) is 0. The molecular formula is C10H18O. The van der Waals surface area contributed by atoms with Crippen molar-refractivity contribution in [2.75, 3.05) is 6.61 Å². The topological polar surface area (TPSA) is 20.2 Å². The van der Waals surface area contributed by atoms with E-state index in [1.807, 2.05) is 6.08 Å². The number of aliphatic hydroxyl groups is 1. The monoisotopic (exact) mass is 154 g/mol. The van der Waals surface area contributed by atoms with E-state index in [1.165, 1.54) is 0 Å². The summed E-state index contributed by atoms with van der Waals surface area (Å²) in [5.74, 6) is 0.447. The fourth-order valence-corrected chi connectivity index (χ4v) is 0.935. The predicted octanol–water partition coefficient (Wildman–Crippen LogP) is 2.53. The van der Waals surface area contributed by atoms with E-state index < -0.39 is 0 Å². The number of aliphatic hydroxyl groups excluding tert-OH is 1. The Hall–Kier alpha value is -0.560. The number of rotatable bonds is 6. The van der Waals surface area contributed by atoms with Gasteiger partial charge in [0.1, 0.15) is 0 Å². The summed E-state index contributed by atoms with van der Waals surface area (Å²) in [5, 5.41) is 8.65. The maximum absolute atomic E-state index is 8.65. The van der Waals surface area contributed by atoms with Gasteiger partial charge in [-0.3, -0.25) is 0 Å². The van der Waals surface area contributed by atoms with Crippen molar-refractivity contribution in [2.45, 2.75) is 26.2 Å². The molecule has 0 amide bonds. The normalized spacial score (nSPS) is 13.6. The predicted molar refractivity (Wildman–Crippen MR) is 49.4 cm³/mol. The van der Waals surface area contributed by atoms with Gasteiger partial charge >= 0.3 is 0 Å². The van der Waals surface area contributed by atoms with Crippen LogP contribution in [-0.4, -0.2) is 11.7 Å². The second-order valence-electron chi connectivity index (χ2n) is 2.62. The van der Waals surface area contributed by atoms with E-state index in [2.05, 4.69) is 25.7 Å². The maximum Gasteiger partial charge on any atom is 0.0436 e. The average Bonchev–Trinajstić information content (AvgIpc) is 2.03. The molecule has 1 nitrogen and oxygen atoms in total. The Morgan fingerprint density at radius 3 is 2.64 bits per heavy atom. The van der Waals surface area contributed by atoms with Crippen LogP contribution in [0.15, 0.2) is 24.8 Å². The lowest BCUT2D eigenvalue weighted by Gasteiger charge is -2.05. The Bertz CT molecular complexity index is 116. The lowest BCUT2D eigenvalue weighted by atomic mass is 10.0. The van der Waals surface area contributed by atoms with E-state index in [0.29, 0.717) is 5.92 Å². The minimum absolute atomic E-state index is 0.261. The van der Waals surface area contributed by atoms with Gasteiger partial charge in [0.2, 0.25) is 0 Å². The highest BCUT2D eigenvalue weighted by Crippen LogP contribution is 2.09. The third kappa shape index (κ3) is 5.86. The second kappa shape index (κ2) is 7.55. The van der Waals surface area contributed by atoms with Gasteiger partial charge in [-0.1, -0.05) is 25.2 Å². The first kappa shape index (κ1) is 10.4. The Kier molecular flexibility index (Phi) is 7.16. The van der Waals surface area contributed by atoms with Gasteiger partial charge in [-0.15, -0.1) is 6.58 Å². The molecule has 64 valence electrons. The Balaban J connectivity index is 3.51. The molecule has 0 aliphatic carbocycles. The SMILES string of the molecule is C=CC(CC=CCC)CCO. The van der Waals surface area contributed by atoms with Crippen LogP contribution in [0.25, 0.3) is 0 Å². The highest BCUT2D eigenvalue weighted by Gasteiger charge is 1.98. The quantitative estimate of drug-likeness (QED) is 0.583. The average molecular weight is 154 g/mol. The van der Waals surface area contributed by atoms with E-state index in [0.717, 1.165) is 19.3 Å². The molecule has 11 heavy (non-hydrogen) atoms. The molecule has 0 bridgehead atoms. The summed E-state index contributed by atoms with van der Waals surface area (Å²) in [7, 11) is 0. The lowest BCUT2D eigenvalue weighted by molar-refractivity contribution is 0.270. The first-order chi connectivity index (χ1) is 5.35. The van der Waals surface area contributed by atoms with Gasteiger partial charge in [0, 0.05) is 6.61 Å². The van der Waals surface area contributed by atoms with Crippen LogP contribution < -0.4 is 0 Å². The Morgan fingerprint density at radius 1 is 1.45 bits per heavy atom. The van der Waals surface area contributed by atoms with Crippen LogP contribution >= 0.6 is 0 Å². The maximum atomic E-state index is 8.65. The van der Waals surface area contributed by atoms with Crippen molar-refractivity contribution in [3.05, 3.63) is 24.8 Å². The van der Waals surface area contributed by atoms with Crippen LogP contribution in [0.4, 0.5) is 0 Å². The van der Waals surface area contributed by atoms with Crippen molar-refractivity contribution < 1.29 is 5.11 Å². The standard InChI is InChI=1S/C10H18O/c1-3-5-6-7-10(4-2)8-9-11/h4-6,10-11H,2-3,7-9H2,1H3. The van der Waals surface area contributed by atoms with Crippen molar-refractivity contribution in [3.8, 4) is 0 Å². The third-order valence-electron chi connectivity index (χ3n) is 1.67. The number of hydrogen-bond acceptors (Lipinski definition) is 1. The Labute approximate surface area is 69.4 Å². The molecule has 0 aromatic carbocycles. The fourth-order valence-electron chi connectivity index (χ4n) is 0.935. The van der Waals surface area contributed by atoms with Crippen LogP contribution in [0.5, 0.6) is 0 Å². The molecule has 0 aromatic rings. The molecule has 0 radical (unpaired) electrons. The van der Waals surface area contributed by atoms with Gasteiger partial charge in [-0.25, -0.2) is 0 Å². The lowest BCUT2D eigenvalue weighted by Crippen LogP contribution is -1.97. The molecular weight excluding hydrogens is 136 g/mol. The van der Waals surface area contributed by atoms with Crippen molar-refractivity contribution >= 4 is 0 Å². The van der Waals surface area contributed by atoms with Crippen molar-refractivity contribution in [1.82, 2.24) is 0 Å². The fraction of sp³-hybridized carbons (Fsp3) is 0.600. The van der Waals surface area contributed by atoms with Crippen molar-refractivity contribution in [1.29, 1.82) is 0 Å². The van der Waals surface area contributed by atoms with Crippen LogP contribution in [0.2, 0.25) is 0 Å². The van der Waals surface area contributed by atoms with Gasteiger partial charge < -0.3 is 5.11 Å². The molecule has 1 heteroatoms. The summed E-state index contributed by atoms with van der Waals surface area (Å²) in [4.78, 5) is 0. The van der Waals surface area contributed by atoms with Gasteiger partial charge in [-0.05, 0) is 25.2 Å². The van der Waals surface area contributed by atoms with Crippen LogP contribution in [0.1, 0.15) is 26.2 Å². The molecule has 0 rings (SSSR count). The summed E-state index contributed by atoms with van der Waals surface area (Å²) in [5.41, 5.74) is 0. The molecule has 0 heterocycles. The first-order valence-corrected chi connectivity index (χ1v) is 4.23. The molecule has 1 N–H and O–H groups in total. The third-order valence-corrected chi connectivity index (χ3v) is 1.67. The zero-order valence-corrected chi connectivity index (χ0v) is 7.29. The van der Waals surface area contributed by atoms with E-state index >= 15 is 0 Å². The molecule has 0 aromatic heterocycles. The van der Waals surface area contributed by atoms with Crippen LogP contribution in [0.3, 0.4) is 0 Å². The van der Waals surface area contributed by atoms with Gasteiger partial charge in [0.05, 0.1) is 0 Å². The van der Waals surface area contributed by atoms with Crippen LogP contribution in [0, 0.1) is 5.92 Å². The first-order valence-electron chi connectivity index (χ1n) is 4.23. The molecule has 0 spiro atoms. The molecule has 0 saturated carbocycles. The second-order valence-corrected chi connectivity index (χ2v) is 2.62. The van der Waals surface area contributed by atoms with Crippen molar-refractivity contribution in [2.24, 2.45) is 5.92 Å². The van der Waals surface area contributed by atoms with Crippen LogP contribution in [-0.2, 0) is 0 Å². The number of allylic oxidation sites excluding steroid dienone is 3. The summed E-state index contributed by atoms with van der Waals surface area (Å²) >= 11 is 0. The van der Waals surface area contributed by atoms with E-state index in [9.17, 15) is 0 Å². The molecule has 0 saturated heterocycles. The minimum Gasteiger partial charge on any atom is -0.396 e. The Morgan fingerprint density at radius 2 is 2.18 bits per heavy atom.